The summed E-state index contributed by atoms with van der Waals surface area (Å²) in [5, 5.41) is 0. The van der Waals surface area contributed by atoms with E-state index in [-0.39, 0.29) is 0 Å². The zero-order chi connectivity index (χ0) is 28.8. The van der Waals surface area contributed by atoms with Crippen LogP contribution in [0.25, 0.3) is 0 Å². The Morgan fingerprint density at radius 1 is 0.690 bits per heavy atom. The molecule has 3 aromatic carbocycles. The average Bonchev–Trinajstić information content (AvgIpc) is 3.05. The minimum Gasteiger partial charge on any atom is -0.497 e. The summed E-state index contributed by atoms with van der Waals surface area (Å²) in [4.78, 5) is 7.18. The van der Waals surface area contributed by atoms with Gasteiger partial charge >= 0.3 is 0 Å². The van der Waals surface area contributed by atoms with E-state index in [2.05, 4.69) is 81.4 Å². The summed E-state index contributed by atoms with van der Waals surface area (Å²) >= 11 is 0. The van der Waals surface area contributed by atoms with Crippen molar-refractivity contribution in [2.75, 3.05) is 95.9 Å². The van der Waals surface area contributed by atoms with E-state index in [1.54, 1.807) is 7.11 Å². The molecule has 0 unspecified atom stereocenters. The third kappa shape index (κ3) is 9.44. The molecule has 5 rings (SSSR count). The van der Waals surface area contributed by atoms with E-state index in [1.165, 1.54) is 16.8 Å². The van der Waals surface area contributed by atoms with Crippen LogP contribution >= 0.6 is 0 Å². The summed E-state index contributed by atoms with van der Waals surface area (Å²) in [7, 11) is 1.71. The van der Waals surface area contributed by atoms with Crippen molar-refractivity contribution in [3.8, 4) is 5.75 Å². The van der Waals surface area contributed by atoms with Crippen molar-refractivity contribution in [3.63, 3.8) is 0 Å². The van der Waals surface area contributed by atoms with E-state index >= 15 is 0 Å². The summed E-state index contributed by atoms with van der Waals surface area (Å²) in [6, 6.07) is 25.9. The summed E-state index contributed by atoms with van der Waals surface area (Å²) in [5.41, 5.74) is 6.05. The van der Waals surface area contributed by atoms with Gasteiger partial charge in [-0.1, -0.05) is 36.4 Å². The highest BCUT2D eigenvalue weighted by molar-refractivity contribution is 5.52. The Bertz CT molecular complexity index is 1200. The molecule has 42 heavy (non-hydrogen) atoms. The molecule has 2 aliphatic heterocycles. The monoisotopic (exact) mass is 575 g/mol. The van der Waals surface area contributed by atoms with Crippen LogP contribution in [0.4, 0.5) is 11.4 Å². The van der Waals surface area contributed by atoms with Crippen LogP contribution in [-0.4, -0.2) is 91.0 Å². The molecule has 0 spiro atoms. The Morgan fingerprint density at radius 2 is 1.38 bits per heavy atom. The van der Waals surface area contributed by atoms with Gasteiger partial charge < -0.3 is 33.5 Å². The van der Waals surface area contributed by atoms with Gasteiger partial charge in [0.15, 0.2) is 0 Å². The van der Waals surface area contributed by atoms with E-state index < -0.39 is 0 Å². The number of ether oxygens (including phenoxy) is 5. The van der Waals surface area contributed by atoms with Crippen molar-refractivity contribution >= 4 is 11.4 Å². The maximum absolute atomic E-state index is 5.98. The summed E-state index contributed by atoms with van der Waals surface area (Å²) in [6.07, 6.45) is 0. The topological polar surface area (TPSA) is 55.9 Å². The first-order valence-corrected chi connectivity index (χ1v) is 15.1. The van der Waals surface area contributed by atoms with Crippen LogP contribution in [0.3, 0.4) is 0 Å². The van der Waals surface area contributed by atoms with Crippen LogP contribution in [0.15, 0.2) is 72.8 Å². The molecule has 2 saturated heterocycles. The fourth-order valence-electron chi connectivity index (χ4n) is 5.36. The molecule has 8 heteroatoms. The first-order valence-electron chi connectivity index (χ1n) is 15.1. The molecule has 0 atom stereocenters. The summed E-state index contributed by atoms with van der Waals surface area (Å²) in [6.45, 7) is 12.1. The van der Waals surface area contributed by atoms with Gasteiger partial charge in [0.1, 0.15) is 5.75 Å². The van der Waals surface area contributed by atoms with Gasteiger partial charge in [0.05, 0.1) is 60.0 Å². The Morgan fingerprint density at radius 3 is 2.17 bits per heavy atom. The lowest BCUT2D eigenvalue weighted by atomic mass is 10.1. The maximum Gasteiger partial charge on any atom is 0.119 e. The molecular formula is C34H45N3O5. The average molecular weight is 576 g/mol. The number of rotatable bonds is 15. The highest BCUT2D eigenvalue weighted by atomic mass is 16.5. The zero-order valence-electron chi connectivity index (χ0n) is 24.9. The predicted molar refractivity (Wildman–Crippen MR) is 167 cm³/mol. The summed E-state index contributed by atoms with van der Waals surface area (Å²) in [5.74, 6) is 0.872. The molecule has 0 saturated carbocycles. The van der Waals surface area contributed by atoms with Crippen molar-refractivity contribution in [3.05, 3.63) is 89.5 Å². The number of anilines is 2. The Labute approximate surface area is 250 Å². The molecule has 0 bridgehead atoms. The van der Waals surface area contributed by atoms with Crippen LogP contribution in [-0.2, 0) is 38.6 Å². The molecule has 3 aromatic rings. The lowest BCUT2D eigenvalue weighted by Gasteiger charge is -2.29. The molecule has 0 N–H and O–H groups in total. The van der Waals surface area contributed by atoms with Gasteiger partial charge in [-0.2, -0.15) is 0 Å². The highest BCUT2D eigenvalue weighted by Crippen LogP contribution is 2.25. The number of benzene rings is 3. The Hall–Kier alpha value is -3.14. The third-order valence-corrected chi connectivity index (χ3v) is 7.77. The lowest BCUT2D eigenvalue weighted by Crippen LogP contribution is -2.38. The molecular weight excluding hydrogens is 530 g/mol. The van der Waals surface area contributed by atoms with Gasteiger partial charge in [-0.25, -0.2) is 0 Å². The van der Waals surface area contributed by atoms with Gasteiger partial charge in [-0.15, -0.1) is 0 Å². The second-order valence-electron chi connectivity index (χ2n) is 10.8. The van der Waals surface area contributed by atoms with Crippen molar-refractivity contribution in [1.82, 2.24) is 4.90 Å². The SMILES string of the molecule is COc1cccc(CN(Cc2ccc(N3CCOCC3)cc2)c2cccc(COCCOCCN3CCOCC3)c2)c1. The molecule has 0 radical (unpaired) electrons. The second kappa shape index (κ2) is 16.5. The first-order chi connectivity index (χ1) is 20.8. The number of hydrogen-bond donors (Lipinski definition) is 0. The highest BCUT2D eigenvalue weighted by Gasteiger charge is 2.14. The van der Waals surface area contributed by atoms with Gasteiger partial charge in [0.2, 0.25) is 0 Å². The zero-order valence-corrected chi connectivity index (χ0v) is 24.9. The van der Waals surface area contributed by atoms with Crippen molar-refractivity contribution in [2.24, 2.45) is 0 Å². The second-order valence-corrected chi connectivity index (χ2v) is 10.8. The van der Waals surface area contributed by atoms with Crippen molar-refractivity contribution in [1.29, 1.82) is 0 Å². The molecule has 8 nitrogen and oxygen atoms in total. The van der Waals surface area contributed by atoms with Gasteiger partial charge in [0.25, 0.3) is 0 Å². The molecule has 0 amide bonds. The quantitative estimate of drug-likeness (QED) is 0.244. The van der Waals surface area contributed by atoms with E-state index in [0.717, 1.165) is 95.8 Å². The van der Waals surface area contributed by atoms with Crippen LogP contribution in [0.5, 0.6) is 5.75 Å². The Balaban J connectivity index is 1.18. The van der Waals surface area contributed by atoms with Crippen molar-refractivity contribution in [2.45, 2.75) is 19.7 Å². The molecule has 2 heterocycles. The van der Waals surface area contributed by atoms with Gasteiger partial charge in [0, 0.05) is 57.2 Å². The van der Waals surface area contributed by atoms with E-state index in [4.69, 9.17) is 23.7 Å². The van der Waals surface area contributed by atoms with Crippen LogP contribution in [0, 0.1) is 0 Å². The normalized spacial score (nSPS) is 16.0. The number of morpholine rings is 2. The molecule has 2 aliphatic rings. The minimum atomic E-state index is 0.557. The maximum atomic E-state index is 5.98. The minimum absolute atomic E-state index is 0.557. The van der Waals surface area contributed by atoms with Gasteiger partial charge in [-0.05, 0) is 53.1 Å². The summed E-state index contributed by atoms with van der Waals surface area (Å²) < 4.78 is 28.2. The number of hydrogen-bond acceptors (Lipinski definition) is 8. The standard InChI is InChI=1S/C34H45N3O5/c1-38-34-7-3-4-30(25-34)27-37(26-29-8-10-32(11-9-29)36-15-20-40-21-16-36)33-6-2-5-31(24-33)28-42-23-22-41-19-14-35-12-17-39-18-13-35/h2-11,24-25H,12-23,26-28H2,1H3. The Kier molecular flexibility index (Phi) is 11.9. The lowest BCUT2D eigenvalue weighted by molar-refractivity contribution is 0.00585. The molecule has 226 valence electrons. The van der Waals surface area contributed by atoms with Crippen molar-refractivity contribution < 1.29 is 23.7 Å². The molecule has 0 aromatic heterocycles. The van der Waals surface area contributed by atoms with E-state index in [1.807, 2.05) is 6.07 Å². The number of nitrogens with zero attached hydrogens (tertiary/aromatic N) is 3. The smallest absolute Gasteiger partial charge is 0.119 e. The number of methoxy groups -OCH3 is 1. The van der Waals surface area contributed by atoms with E-state index in [9.17, 15) is 0 Å². The van der Waals surface area contributed by atoms with E-state index in [0.29, 0.717) is 19.8 Å². The first kappa shape index (κ1) is 30.3. The van der Waals surface area contributed by atoms with Gasteiger partial charge in [-0.3, -0.25) is 4.90 Å². The molecule has 2 fully saturated rings. The van der Waals surface area contributed by atoms with Crippen LogP contribution < -0.4 is 14.5 Å². The fourth-order valence-corrected chi connectivity index (χ4v) is 5.36. The van der Waals surface area contributed by atoms with Crippen LogP contribution in [0.2, 0.25) is 0 Å². The van der Waals surface area contributed by atoms with Crippen LogP contribution in [0.1, 0.15) is 16.7 Å². The largest absolute Gasteiger partial charge is 0.497 e. The molecule has 0 aliphatic carbocycles. The predicted octanol–water partition coefficient (Wildman–Crippen LogP) is 4.60. The third-order valence-electron chi connectivity index (χ3n) is 7.77. The fraction of sp³-hybridized carbons (Fsp3) is 0.471.